The maximum atomic E-state index is 14.1. The van der Waals surface area contributed by atoms with Crippen LogP contribution in [0.15, 0.2) is 30.9 Å². The molecule has 2 rings (SSSR count). The van der Waals surface area contributed by atoms with E-state index in [1.54, 1.807) is 6.08 Å². The summed E-state index contributed by atoms with van der Waals surface area (Å²) in [6.07, 6.45) is -2.35. The Morgan fingerprint density at radius 2 is 1.83 bits per heavy atom. The zero-order chi connectivity index (χ0) is 15.5. The monoisotopic (exact) mass is 374 g/mol. The lowest BCUT2D eigenvalue weighted by molar-refractivity contribution is -0.137. The van der Waals surface area contributed by atoms with E-state index < -0.39 is 17.6 Å². The molecule has 1 heterocycles. The van der Waals surface area contributed by atoms with Gasteiger partial charge in [-0.05, 0) is 18.6 Å². The van der Waals surface area contributed by atoms with E-state index in [-0.39, 0.29) is 30.9 Å². The van der Waals surface area contributed by atoms with Gasteiger partial charge in [0.25, 0.3) is 0 Å². The summed E-state index contributed by atoms with van der Waals surface area (Å²) >= 11 is 0. The Kier molecular flexibility index (Phi) is 9.13. The molecule has 1 N–H and O–H groups in total. The van der Waals surface area contributed by atoms with E-state index >= 15 is 0 Å². The first-order valence-corrected chi connectivity index (χ1v) is 6.86. The van der Waals surface area contributed by atoms with E-state index in [0.717, 1.165) is 32.2 Å². The molecule has 0 spiro atoms. The molecule has 8 heteroatoms. The van der Waals surface area contributed by atoms with E-state index in [0.29, 0.717) is 18.1 Å². The van der Waals surface area contributed by atoms with Crippen LogP contribution in [0.5, 0.6) is 0 Å². The van der Waals surface area contributed by atoms with Gasteiger partial charge < -0.3 is 5.32 Å². The van der Waals surface area contributed by atoms with Crippen molar-refractivity contribution in [1.29, 1.82) is 0 Å². The van der Waals surface area contributed by atoms with E-state index in [1.807, 2.05) is 0 Å². The highest BCUT2D eigenvalue weighted by atomic mass is 35.5. The zero-order valence-corrected chi connectivity index (χ0v) is 14.0. The van der Waals surface area contributed by atoms with Crippen LogP contribution < -0.4 is 5.32 Å². The minimum absolute atomic E-state index is 0. The maximum absolute atomic E-state index is 14.1. The molecule has 0 amide bonds. The summed E-state index contributed by atoms with van der Waals surface area (Å²) in [4.78, 5) is 2.07. The van der Waals surface area contributed by atoms with Gasteiger partial charge in [-0.3, -0.25) is 4.90 Å². The van der Waals surface area contributed by atoms with Crippen molar-refractivity contribution in [2.45, 2.75) is 18.6 Å². The van der Waals surface area contributed by atoms with Crippen molar-refractivity contribution in [2.24, 2.45) is 0 Å². The molecule has 2 nitrogen and oxygen atoms in total. The van der Waals surface area contributed by atoms with Gasteiger partial charge in [0.1, 0.15) is 5.82 Å². The summed E-state index contributed by atoms with van der Waals surface area (Å²) < 4.78 is 51.9. The van der Waals surface area contributed by atoms with Crippen molar-refractivity contribution < 1.29 is 17.6 Å². The van der Waals surface area contributed by atoms with Crippen LogP contribution in [0.25, 0.3) is 0 Å². The molecule has 1 fully saturated rings. The lowest BCUT2D eigenvalue weighted by atomic mass is 9.99. The minimum Gasteiger partial charge on any atom is -0.314 e. The number of hydrogen-bond donors (Lipinski definition) is 1. The third kappa shape index (κ3) is 5.64. The largest absolute Gasteiger partial charge is 0.416 e. The summed E-state index contributed by atoms with van der Waals surface area (Å²) in [6, 6.07) is 2.49. The van der Waals surface area contributed by atoms with Gasteiger partial charge in [-0.15, -0.1) is 31.4 Å². The molecular weight excluding hydrogens is 355 g/mol. The Balaban J connectivity index is 0.00000242. The minimum atomic E-state index is -4.53. The average Bonchev–Trinajstić information content (AvgIpc) is 2.45. The van der Waals surface area contributed by atoms with Crippen LogP contribution in [-0.2, 0) is 6.18 Å². The van der Waals surface area contributed by atoms with Crippen molar-refractivity contribution in [3.8, 4) is 0 Å². The average molecular weight is 375 g/mol. The van der Waals surface area contributed by atoms with Crippen LogP contribution in [0.4, 0.5) is 17.6 Å². The first-order chi connectivity index (χ1) is 9.93. The molecule has 0 saturated carbocycles. The number of piperazine rings is 1. The van der Waals surface area contributed by atoms with Gasteiger partial charge in [0.05, 0.1) is 5.56 Å². The molecule has 0 aromatic heterocycles. The van der Waals surface area contributed by atoms with Crippen LogP contribution in [-0.4, -0.2) is 31.1 Å². The standard InChI is InChI=1S/C15H18F4N2.2ClH/c1-2-3-14(21-8-6-20-7-9-21)12-5-4-11(10-13(12)16)15(17,18)19;;/h2,4-5,10,14,20H,1,3,6-9H2;2*1H/t14-;;/m0../s1. The molecule has 1 saturated heterocycles. The fourth-order valence-electron chi connectivity index (χ4n) is 2.60. The Hall–Kier alpha value is -0.820. The predicted molar refractivity (Wildman–Crippen MR) is 87.9 cm³/mol. The van der Waals surface area contributed by atoms with E-state index in [2.05, 4.69) is 16.8 Å². The second-order valence-electron chi connectivity index (χ2n) is 5.06. The summed E-state index contributed by atoms with van der Waals surface area (Å²) in [7, 11) is 0. The molecule has 1 atom stereocenters. The highest BCUT2D eigenvalue weighted by Crippen LogP contribution is 2.33. The number of halogens is 6. The first-order valence-electron chi connectivity index (χ1n) is 6.86. The lowest BCUT2D eigenvalue weighted by Gasteiger charge is -2.35. The zero-order valence-electron chi connectivity index (χ0n) is 12.4. The Morgan fingerprint density at radius 3 is 2.30 bits per heavy atom. The van der Waals surface area contributed by atoms with Crippen molar-refractivity contribution in [1.82, 2.24) is 10.2 Å². The fraction of sp³-hybridized carbons (Fsp3) is 0.467. The number of rotatable bonds is 4. The number of alkyl halides is 3. The first kappa shape index (κ1) is 22.2. The van der Waals surface area contributed by atoms with Crippen LogP contribution in [0.2, 0.25) is 0 Å². The van der Waals surface area contributed by atoms with Gasteiger partial charge in [-0.25, -0.2) is 4.39 Å². The van der Waals surface area contributed by atoms with E-state index in [4.69, 9.17) is 0 Å². The molecule has 23 heavy (non-hydrogen) atoms. The van der Waals surface area contributed by atoms with Crippen molar-refractivity contribution in [2.75, 3.05) is 26.2 Å². The van der Waals surface area contributed by atoms with Gasteiger partial charge in [-0.2, -0.15) is 13.2 Å². The van der Waals surface area contributed by atoms with E-state index in [9.17, 15) is 17.6 Å². The smallest absolute Gasteiger partial charge is 0.314 e. The highest BCUT2D eigenvalue weighted by molar-refractivity contribution is 5.85. The summed E-state index contributed by atoms with van der Waals surface area (Å²) in [5, 5.41) is 3.20. The molecule has 0 bridgehead atoms. The molecular formula is C15H20Cl2F4N2. The van der Waals surface area contributed by atoms with Gasteiger partial charge in [0.15, 0.2) is 0 Å². The number of benzene rings is 1. The Labute approximate surface area is 145 Å². The molecule has 1 aliphatic heterocycles. The quantitative estimate of drug-likeness (QED) is 0.627. The molecule has 0 unspecified atom stereocenters. The third-order valence-corrected chi connectivity index (χ3v) is 3.67. The number of nitrogens with zero attached hydrogens (tertiary/aromatic N) is 1. The lowest BCUT2D eigenvalue weighted by Crippen LogP contribution is -2.45. The van der Waals surface area contributed by atoms with Gasteiger partial charge in [0.2, 0.25) is 0 Å². The number of nitrogens with one attached hydrogen (secondary N) is 1. The van der Waals surface area contributed by atoms with Gasteiger partial charge in [0, 0.05) is 37.8 Å². The van der Waals surface area contributed by atoms with E-state index in [1.165, 1.54) is 6.07 Å². The fourth-order valence-corrected chi connectivity index (χ4v) is 2.60. The van der Waals surface area contributed by atoms with Crippen LogP contribution in [0, 0.1) is 5.82 Å². The van der Waals surface area contributed by atoms with Crippen LogP contribution >= 0.6 is 24.8 Å². The second kappa shape index (κ2) is 9.47. The number of hydrogen-bond acceptors (Lipinski definition) is 2. The highest BCUT2D eigenvalue weighted by Gasteiger charge is 2.32. The van der Waals surface area contributed by atoms with Crippen molar-refractivity contribution in [3.05, 3.63) is 47.8 Å². The Morgan fingerprint density at radius 1 is 1.22 bits per heavy atom. The van der Waals surface area contributed by atoms with Crippen LogP contribution in [0.3, 0.4) is 0 Å². The van der Waals surface area contributed by atoms with Gasteiger partial charge in [-0.1, -0.05) is 12.1 Å². The normalized spacial score (nSPS) is 16.9. The molecule has 1 aromatic carbocycles. The van der Waals surface area contributed by atoms with Gasteiger partial charge >= 0.3 is 6.18 Å². The summed E-state index contributed by atoms with van der Waals surface area (Å²) in [5.74, 6) is -0.810. The second-order valence-corrected chi connectivity index (χ2v) is 5.06. The molecule has 132 valence electrons. The molecule has 1 aromatic rings. The summed E-state index contributed by atoms with van der Waals surface area (Å²) in [6.45, 7) is 6.71. The third-order valence-electron chi connectivity index (χ3n) is 3.67. The Bertz CT molecular complexity index is 503. The SMILES string of the molecule is C=CC[C@@H](c1ccc(C(F)(F)F)cc1F)N1CCNCC1.Cl.Cl. The van der Waals surface area contributed by atoms with Crippen molar-refractivity contribution >= 4 is 24.8 Å². The van der Waals surface area contributed by atoms with Crippen molar-refractivity contribution in [3.63, 3.8) is 0 Å². The molecule has 0 aliphatic carbocycles. The van der Waals surface area contributed by atoms with Crippen LogP contribution in [0.1, 0.15) is 23.6 Å². The maximum Gasteiger partial charge on any atom is 0.416 e. The summed E-state index contributed by atoms with van der Waals surface area (Å²) in [5.41, 5.74) is -0.661. The predicted octanol–water partition coefficient (Wildman–Crippen LogP) is 4.21. The molecule has 0 radical (unpaired) electrons. The molecule has 1 aliphatic rings. The topological polar surface area (TPSA) is 15.3 Å².